The number of halogens is 1. The monoisotopic (exact) mass is 310 g/mol. The van der Waals surface area contributed by atoms with Crippen molar-refractivity contribution >= 4 is 32.9 Å². The van der Waals surface area contributed by atoms with Gasteiger partial charge in [-0.2, -0.15) is 0 Å². The first kappa shape index (κ1) is 13.1. The van der Waals surface area contributed by atoms with E-state index in [0.717, 1.165) is 10.9 Å². The Morgan fingerprint density at radius 3 is 2.83 bits per heavy atom. The molecule has 0 bridgehead atoms. The Labute approximate surface area is 113 Å². The van der Waals surface area contributed by atoms with Crippen LogP contribution < -0.4 is 5.69 Å². The largest absolute Gasteiger partial charge is 0.333 e. The normalized spacial score (nSPS) is 11.3. The van der Waals surface area contributed by atoms with Crippen molar-refractivity contribution in [2.45, 2.75) is 26.7 Å². The number of benzene rings is 1. The van der Waals surface area contributed by atoms with Crippen molar-refractivity contribution in [1.82, 2.24) is 9.55 Å². The summed E-state index contributed by atoms with van der Waals surface area (Å²) in [6.07, 6.45) is 1.18. The summed E-state index contributed by atoms with van der Waals surface area (Å²) in [6, 6.07) is 5.38. The standard InChI is InChI=1S/C13H15BrN2O2/c1-8(2)3-6-12(17)16-11-5-4-9(14)7-10(11)15-13(16)18/h4-5,7-8H,3,6H2,1-2H3,(H,15,18). The Balaban J connectivity index is 2.41. The minimum absolute atomic E-state index is 0.151. The lowest BCUT2D eigenvalue weighted by molar-refractivity contribution is 0.0896. The van der Waals surface area contributed by atoms with Gasteiger partial charge < -0.3 is 4.98 Å². The maximum absolute atomic E-state index is 12.1. The molecule has 0 aliphatic rings. The van der Waals surface area contributed by atoms with Gasteiger partial charge in [0.05, 0.1) is 11.0 Å². The zero-order valence-electron chi connectivity index (χ0n) is 10.4. The lowest BCUT2D eigenvalue weighted by Gasteiger charge is -2.04. The molecule has 0 saturated heterocycles. The second-order valence-electron chi connectivity index (χ2n) is 4.75. The van der Waals surface area contributed by atoms with E-state index in [-0.39, 0.29) is 11.6 Å². The van der Waals surface area contributed by atoms with Crippen LogP contribution in [-0.2, 0) is 0 Å². The van der Waals surface area contributed by atoms with E-state index in [1.165, 1.54) is 4.57 Å². The highest BCUT2D eigenvalue weighted by Crippen LogP contribution is 2.17. The van der Waals surface area contributed by atoms with Crippen molar-refractivity contribution in [3.8, 4) is 0 Å². The highest BCUT2D eigenvalue weighted by atomic mass is 79.9. The Hall–Kier alpha value is -1.36. The molecule has 1 heterocycles. The van der Waals surface area contributed by atoms with Gasteiger partial charge in [0.15, 0.2) is 0 Å². The number of hydrogen-bond donors (Lipinski definition) is 1. The van der Waals surface area contributed by atoms with Crippen LogP contribution in [0.2, 0.25) is 0 Å². The van der Waals surface area contributed by atoms with Gasteiger partial charge >= 0.3 is 5.69 Å². The third kappa shape index (κ3) is 2.56. The Bertz CT molecular complexity index is 640. The van der Waals surface area contributed by atoms with E-state index >= 15 is 0 Å². The van der Waals surface area contributed by atoms with Gasteiger partial charge in [-0.3, -0.25) is 4.79 Å². The van der Waals surface area contributed by atoms with Crippen LogP contribution in [0.5, 0.6) is 0 Å². The van der Waals surface area contributed by atoms with Gasteiger partial charge in [0, 0.05) is 10.9 Å². The fourth-order valence-corrected chi connectivity index (χ4v) is 2.22. The Morgan fingerprint density at radius 1 is 1.44 bits per heavy atom. The molecule has 0 amide bonds. The summed E-state index contributed by atoms with van der Waals surface area (Å²) in [7, 11) is 0. The summed E-state index contributed by atoms with van der Waals surface area (Å²) >= 11 is 3.34. The van der Waals surface area contributed by atoms with Crippen molar-refractivity contribution in [1.29, 1.82) is 0 Å². The quantitative estimate of drug-likeness (QED) is 0.946. The number of nitrogens with zero attached hydrogens (tertiary/aromatic N) is 1. The van der Waals surface area contributed by atoms with Crippen LogP contribution in [-0.4, -0.2) is 15.5 Å². The maximum atomic E-state index is 12.1. The first-order valence-electron chi connectivity index (χ1n) is 5.92. The molecule has 1 N–H and O–H groups in total. The molecule has 0 radical (unpaired) electrons. The fraction of sp³-hybridized carbons (Fsp3) is 0.385. The Morgan fingerprint density at radius 2 is 2.17 bits per heavy atom. The summed E-state index contributed by atoms with van der Waals surface area (Å²) in [4.78, 5) is 26.6. The number of imidazole rings is 1. The number of carbonyl (C=O) groups is 1. The number of rotatable bonds is 3. The van der Waals surface area contributed by atoms with Gasteiger partial charge in [-0.25, -0.2) is 9.36 Å². The molecule has 1 aromatic heterocycles. The molecule has 0 fully saturated rings. The van der Waals surface area contributed by atoms with E-state index in [9.17, 15) is 9.59 Å². The second-order valence-corrected chi connectivity index (χ2v) is 5.67. The van der Waals surface area contributed by atoms with Crippen molar-refractivity contribution in [3.63, 3.8) is 0 Å². The first-order chi connectivity index (χ1) is 8.49. The molecule has 18 heavy (non-hydrogen) atoms. The highest BCUT2D eigenvalue weighted by molar-refractivity contribution is 9.10. The van der Waals surface area contributed by atoms with Crippen LogP contribution in [0.4, 0.5) is 0 Å². The lowest BCUT2D eigenvalue weighted by atomic mass is 10.1. The predicted octanol–water partition coefficient (Wildman–Crippen LogP) is 3.17. The van der Waals surface area contributed by atoms with E-state index in [0.29, 0.717) is 23.4 Å². The average Bonchev–Trinajstić information content (AvgIpc) is 2.61. The predicted molar refractivity (Wildman–Crippen MR) is 75.0 cm³/mol. The first-order valence-corrected chi connectivity index (χ1v) is 6.72. The Kier molecular flexibility index (Phi) is 3.71. The van der Waals surface area contributed by atoms with Crippen molar-refractivity contribution in [2.75, 3.05) is 0 Å². The van der Waals surface area contributed by atoms with Gasteiger partial charge in [0.25, 0.3) is 0 Å². The summed E-state index contributed by atoms with van der Waals surface area (Å²) in [6.45, 7) is 4.12. The molecule has 1 aromatic carbocycles. The van der Waals surface area contributed by atoms with Crippen LogP contribution in [0, 0.1) is 5.92 Å². The molecule has 96 valence electrons. The third-order valence-electron chi connectivity index (χ3n) is 2.83. The van der Waals surface area contributed by atoms with Crippen LogP contribution in [0.25, 0.3) is 11.0 Å². The number of H-pyrrole nitrogens is 1. The molecule has 0 aliphatic carbocycles. The molecule has 2 aromatic rings. The third-order valence-corrected chi connectivity index (χ3v) is 3.32. The molecule has 5 heteroatoms. The zero-order chi connectivity index (χ0) is 13.3. The number of aromatic amines is 1. The second kappa shape index (κ2) is 5.10. The van der Waals surface area contributed by atoms with E-state index in [4.69, 9.17) is 0 Å². The maximum Gasteiger partial charge on any atom is 0.333 e. The summed E-state index contributed by atoms with van der Waals surface area (Å²) < 4.78 is 2.10. The summed E-state index contributed by atoms with van der Waals surface area (Å²) in [5.41, 5.74) is 0.945. The van der Waals surface area contributed by atoms with Crippen molar-refractivity contribution in [2.24, 2.45) is 5.92 Å². The minimum atomic E-state index is -0.364. The van der Waals surface area contributed by atoms with Gasteiger partial charge in [0.1, 0.15) is 0 Å². The number of aromatic nitrogens is 2. The molecule has 0 saturated carbocycles. The molecule has 0 atom stereocenters. The van der Waals surface area contributed by atoms with Gasteiger partial charge in [-0.05, 0) is 30.5 Å². The fourth-order valence-electron chi connectivity index (χ4n) is 1.86. The molecular formula is C13H15BrN2O2. The van der Waals surface area contributed by atoms with Crippen molar-refractivity contribution in [3.05, 3.63) is 33.2 Å². The van der Waals surface area contributed by atoms with E-state index in [2.05, 4.69) is 34.8 Å². The molecule has 2 rings (SSSR count). The summed E-state index contributed by atoms with van der Waals surface area (Å²) in [5, 5.41) is 0. The molecule has 4 nitrogen and oxygen atoms in total. The SMILES string of the molecule is CC(C)CCC(=O)n1c(=O)[nH]c2cc(Br)ccc21. The van der Waals surface area contributed by atoms with E-state index in [1.54, 1.807) is 12.1 Å². The van der Waals surface area contributed by atoms with E-state index in [1.807, 2.05) is 6.07 Å². The van der Waals surface area contributed by atoms with Crippen LogP contribution in [0.15, 0.2) is 27.5 Å². The number of nitrogens with one attached hydrogen (secondary N) is 1. The molecule has 0 aliphatic heterocycles. The van der Waals surface area contributed by atoms with Gasteiger partial charge in [0.2, 0.25) is 5.91 Å². The number of carbonyl (C=O) groups excluding carboxylic acids is 1. The minimum Gasteiger partial charge on any atom is -0.305 e. The highest BCUT2D eigenvalue weighted by Gasteiger charge is 2.14. The topological polar surface area (TPSA) is 54.9 Å². The van der Waals surface area contributed by atoms with Crippen LogP contribution in [0.3, 0.4) is 0 Å². The number of hydrogen-bond acceptors (Lipinski definition) is 2. The molecule has 0 spiro atoms. The molecular weight excluding hydrogens is 296 g/mol. The summed E-state index contributed by atoms with van der Waals surface area (Å²) in [5.74, 6) is 0.297. The lowest BCUT2D eigenvalue weighted by Crippen LogP contribution is -2.24. The average molecular weight is 311 g/mol. The van der Waals surface area contributed by atoms with Crippen molar-refractivity contribution < 1.29 is 4.79 Å². The number of fused-ring (bicyclic) bond motifs is 1. The van der Waals surface area contributed by atoms with Gasteiger partial charge in [-0.15, -0.1) is 0 Å². The smallest absolute Gasteiger partial charge is 0.305 e. The van der Waals surface area contributed by atoms with Crippen LogP contribution >= 0.6 is 15.9 Å². The van der Waals surface area contributed by atoms with Gasteiger partial charge in [-0.1, -0.05) is 29.8 Å². The van der Waals surface area contributed by atoms with Crippen LogP contribution in [0.1, 0.15) is 31.5 Å². The molecule has 0 unspecified atom stereocenters. The zero-order valence-corrected chi connectivity index (χ0v) is 12.0. The van der Waals surface area contributed by atoms with E-state index < -0.39 is 0 Å².